The number of hydrogen-bond acceptors (Lipinski definition) is 6. The number of rotatable bonds is 6. The number of hydrogen-bond donors (Lipinski definition) is 3. The number of likely N-dealkylation sites (tertiary alicyclic amines) is 1. The van der Waals surface area contributed by atoms with Crippen LogP contribution in [0.3, 0.4) is 0 Å². The number of benzene rings is 3. The summed E-state index contributed by atoms with van der Waals surface area (Å²) in [6.07, 6.45) is 0.543. The maximum Gasteiger partial charge on any atom is 0.413 e. The summed E-state index contributed by atoms with van der Waals surface area (Å²) in [5, 5.41) is 17.3. The first-order valence-electron chi connectivity index (χ1n) is 16.1. The van der Waals surface area contributed by atoms with Gasteiger partial charge in [-0.05, 0) is 88.8 Å². The van der Waals surface area contributed by atoms with Gasteiger partial charge in [0.2, 0.25) is 0 Å². The van der Waals surface area contributed by atoms with Crippen molar-refractivity contribution >= 4 is 45.6 Å². The zero-order valence-electron chi connectivity index (χ0n) is 28.1. The molecule has 5 rings (SSSR count). The number of amides is 3. The molecule has 2 heterocycles. The lowest BCUT2D eigenvalue weighted by Gasteiger charge is -2.33. The van der Waals surface area contributed by atoms with Crippen LogP contribution < -0.4 is 10.6 Å². The van der Waals surface area contributed by atoms with Gasteiger partial charge in [-0.15, -0.1) is 0 Å². The van der Waals surface area contributed by atoms with Crippen molar-refractivity contribution in [1.29, 1.82) is 5.41 Å². The van der Waals surface area contributed by atoms with Gasteiger partial charge in [0.1, 0.15) is 22.7 Å². The molecule has 0 saturated carbocycles. The highest BCUT2D eigenvalue weighted by Gasteiger charge is 2.28. The van der Waals surface area contributed by atoms with E-state index in [2.05, 4.69) is 34.9 Å². The first-order chi connectivity index (χ1) is 22.2. The van der Waals surface area contributed by atoms with Crippen molar-refractivity contribution in [2.24, 2.45) is 5.92 Å². The molecule has 10 heteroatoms. The molecular formula is C37H45N5O5. The van der Waals surface area contributed by atoms with Crippen LogP contribution in [0.25, 0.3) is 21.7 Å². The molecular weight excluding hydrogens is 594 g/mol. The Labute approximate surface area is 275 Å². The van der Waals surface area contributed by atoms with E-state index in [-0.39, 0.29) is 23.8 Å². The quantitative estimate of drug-likeness (QED) is 0.154. The van der Waals surface area contributed by atoms with Crippen LogP contribution in [-0.4, -0.2) is 64.2 Å². The molecule has 0 radical (unpaired) electrons. The van der Waals surface area contributed by atoms with E-state index in [9.17, 15) is 14.4 Å². The van der Waals surface area contributed by atoms with Crippen LogP contribution in [0.4, 0.5) is 9.59 Å². The van der Waals surface area contributed by atoms with E-state index in [0.717, 1.165) is 40.1 Å². The lowest BCUT2D eigenvalue weighted by molar-refractivity contribution is 0.0183. The minimum Gasteiger partial charge on any atom is -0.444 e. The zero-order valence-corrected chi connectivity index (χ0v) is 28.1. The highest BCUT2D eigenvalue weighted by Crippen LogP contribution is 2.27. The smallest absolute Gasteiger partial charge is 0.413 e. The number of piperidine rings is 1. The van der Waals surface area contributed by atoms with Crippen LogP contribution >= 0.6 is 0 Å². The van der Waals surface area contributed by atoms with Crippen molar-refractivity contribution < 1.29 is 23.9 Å². The van der Waals surface area contributed by atoms with E-state index in [1.165, 1.54) is 0 Å². The Morgan fingerprint density at radius 3 is 2.23 bits per heavy atom. The van der Waals surface area contributed by atoms with Crippen molar-refractivity contribution in [3.8, 4) is 0 Å². The topological polar surface area (TPSA) is 126 Å². The van der Waals surface area contributed by atoms with E-state index in [1.54, 1.807) is 31.7 Å². The fourth-order valence-electron chi connectivity index (χ4n) is 5.82. The Bertz CT molecular complexity index is 1800. The molecule has 4 aromatic rings. The van der Waals surface area contributed by atoms with Crippen LogP contribution in [0.15, 0.2) is 66.7 Å². The average Bonchev–Trinajstić information content (AvgIpc) is 3.36. The molecule has 0 aliphatic carbocycles. The minimum absolute atomic E-state index is 0.0946. The van der Waals surface area contributed by atoms with Gasteiger partial charge in [0.15, 0.2) is 0 Å². The third-order valence-electron chi connectivity index (χ3n) is 8.08. The molecule has 47 heavy (non-hydrogen) atoms. The Kier molecular flexibility index (Phi) is 9.60. The van der Waals surface area contributed by atoms with Crippen molar-refractivity contribution in [3.63, 3.8) is 0 Å². The van der Waals surface area contributed by atoms with E-state index < -0.39 is 17.3 Å². The molecule has 248 valence electrons. The van der Waals surface area contributed by atoms with Gasteiger partial charge in [0.25, 0.3) is 5.91 Å². The molecule has 1 aliphatic rings. The Morgan fingerprint density at radius 2 is 1.53 bits per heavy atom. The third kappa shape index (κ3) is 8.49. The average molecular weight is 640 g/mol. The fourth-order valence-corrected chi connectivity index (χ4v) is 5.82. The molecule has 1 saturated heterocycles. The van der Waals surface area contributed by atoms with Crippen LogP contribution in [0.1, 0.15) is 76.0 Å². The van der Waals surface area contributed by atoms with Gasteiger partial charge in [0, 0.05) is 42.6 Å². The molecule has 10 nitrogen and oxygen atoms in total. The summed E-state index contributed by atoms with van der Waals surface area (Å²) in [5.41, 5.74) is 1.58. The van der Waals surface area contributed by atoms with E-state index in [0.29, 0.717) is 37.4 Å². The third-order valence-corrected chi connectivity index (χ3v) is 8.08. The first kappa shape index (κ1) is 33.5. The van der Waals surface area contributed by atoms with Gasteiger partial charge in [-0.25, -0.2) is 9.59 Å². The van der Waals surface area contributed by atoms with Gasteiger partial charge >= 0.3 is 12.2 Å². The molecule has 1 aromatic heterocycles. The summed E-state index contributed by atoms with van der Waals surface area (Å²) < 4.78 is 12.8. The SMILES string of the molecule is CC(C)(C)OC(=O)NC(=N)c1ccc2cc(C(=O)NCC3CCN(C(=O)OC(C)(C)C)CC3)n(Cc3cccc4ccccc34)c2c1. The Morgan fingerprint density at radius 1 is 0.851 bits per heavy atom. The molecule has 3 amide bonds. The highest BCUT2D eigenvalue weighted by atomic mass is 16.6. The van der Waals surface area contributed by atoms with Gasteiger partial charge in [-0.2, -0.15) is 0 Å². The van der Waals surface area contributed by atoms with E-state index in [1.807, 2.05) is 61.7 Å². The summed E-state index contributed by atoms with van der Waals surface area (Å²) in [4.78, 5) is 40.4. The van der Waals surface area contributed by atoms with Crippen LogP contribution in [-0.2, 0) is 16.0 Å². The van der Waals surface area contributed by atoms with Gasteiger partial charge in [-0.1, -0.05) is 54.6 Å². The minimum atomic E-state index is -0.703. The molecule has 3 aromatic carbocycles. The zero-order chi connectivity index (χ0) is 33.9. The van der Waals surface area contributed by atoms with E-state index in [4.69, 9.17) is 14.9 Å². The maximum atomic E-state index is 13.8. The number of fused-ring (bicyclic) bond motifs is 2. The predicted octanol–water partition coefficient (Wildman–Crippen LogP) is 7.07. The number of carbonyl (C=O) groups excluding carboxylic acids is 3. The largest absolute Gasteiger partial charge is 0.444 e. The summed E-state index contributed by atoms with van der Waals surface area (Å²) >= 11 is 0. The lowest BCUT2D eigenvalue weighted by atomic mass is 9.97. The van der Waals surface area contributed by atoms with Crippen LogP contribution in [0.5, 0.6) is 0 Å². The van der Waals surface area contributed by atoms with Crippen molar-refractivity contribution in [3.05, 3.63) is 83.6 Å². The normalized spacial score (nSPS) is 14.2. The Balaban J connectivity index is 1.38. The molecule has 0 bridgehead atoms. The number of nitrogens with one attached hydrogen (secondary N) is 3. The lowest BCUT2D eigenvalue weighted by Crippen LogP contribution is -2.43. The predicted molar refractivity (Wildman–Crippen MR) is 184 cm³/mol. The van der Waals surface area contributed by atoms with Gasteiger partial charge < -0.3 is 24.3 Å². The molecule has 1 aliphatic heterocycles. The molecule has 3 N–H and O–H groups in total. The summed E-state index contributed by atoms with van der Waals surface area (Å²) in [5.74, 6) is -0.0539. The second-order valence-corrected chi connectivity index (χ2v) is 14.2. The first-order valence-corrected chi connectivity index (χ1v) is 16.1. The number of aromatic nitrogens is 1. The number of ether oxygens (including phenoxy) is 2. The number of alkyl carbamates (subject to hydrolysis) is 1. The maximum absolute atomic E-state index is 13.8. The van der Waals surface area contributed by atoms with Crippen molar-refractivity contribution in [1.82, 2.24) is 20.1 Å². The van der Waals surface area contributed by atoms with Crippen LogP contribution in [0.2, 0.25) is 0 Å². The second kappa shape index (κ2) is 13.5. The van der Waals surface area contributed by atoms with E-state index >= 15 is 0 Å². The molecule has 0 unspecified atom stereocenters. The van der Waals surface area contributed by atoms with Crippen molar-refractivity contribution in [2.75, 3.05) is 19.6 Å². The van der Waals surface area contributed by atoms with Crippen molar-refractivity contribution in [2.45, 2.75) is 72.1 Å². The monoisotopic (exact) mass is 639 g/mol. The summed E-state index contributed by atoms with van der Waals surface area (Å²) in [6.45, 7) is 13.0. The number of nitrogens with zero attached hydrogens (tertiary/aromatic N) is 2. The summed E-state index contributed by atoms with van der Waals surface area (Å²) in [6, 6.07) is 21.6. The molecule has 1 fully saturated rings. The number of amidine groups is 1. The standard InChI is InChI=1S/C37H45N5O5/c1-36(2,3)46-34(44)40-32(38)27-15-14-26-20-31(33(43)39-22-24-16-18-41(19-17-24)35(45)47-37(4,5)6)42(30(26)21-27)23-28-12-9-11-25-10-7-8-13-29(25)28/h7-15,20-21,24H,16-19,22-23H2,1-6H3,(H,39,43)(H2,38,40,44). The molecule has 0 atom stereocenters. The Hall–Kier alpha value is -4.86. The van der Waals surface area contributed by atoms with Gasteiger partial charge in [0.05, 0.1) is 0 Å². The van der Waals surface area contributed by atoms with Gasteiger partial charge in [-0.3, -0.25) is 15.5 Å². The number of carbonyl (C=O) groups is 3. The highest BCUT2D eigenvalue weighted by molar-refractivity contribution is 6.07. The molecule has 0 spiro atoms. The summed E-state index contributed by atoms with van der Waals surface area (Å²) in [7, 11) is 0. The fraction of sp³-hybridized carbons (Fsp3) is 0.405. The second-order valence-electron chi connectivity index (χ2n) is 14.2. The van der Waals surface area contributed by atoms with Crippen LogP contribution in [0, 0.1) is 11.3 Å².